The van der Waals surface area contributed by atoms with E-state index in [0.29, 0.717) is 6.79 Å². The van der Waals surface area contributed by atoms with Crippen molar-refractivity contribution in [1.82, 2.24) is 10.2 Å². The molecule has 108 valence electrons. The van der Waals surface area contributed by atoms with E-state index in [1.54, 1.807) is 4.90 Å². The number of hydrogen-bond acceptors (Lipinski definition) is 3. The smallest absolute Gasteiger partial charge is 0.231 e. The second kappa shape index (κ2) is 5.85. The van der Waals surface area contributed by atoms with Crippen LogP contribution in [0, 0.1) is 0 Å². The van der Waals surface area contributed by atoms with E-state index in [1.807, 2.05) is 13.1 Å². The van der Waals surface area contributed by atoms with Crippen LogP contribution in [0.25, 0.3) is 0 Å². The lowest BCUT2D eigenvalue weighted by Gasteiger charge is -2.33. The van der Waals surface area contributed by atoms with Gasteiger partial charge in [-0.2, -0.15) is 0 Å². The van der Waals surface area contributed by atoms with Crippen molar-refractivity contribution in [3.8, 4) is 11.5 Å². The third-order valence-corrected chi connectivity index (χ3v) is 4.33. The number of fused-ring (bicyclic) bond motifs is 1. The highest BCUT2D eigenvalue weighted by molar-refractivity contribution is 7.80. The van der Waals surface area contributed by atoms with Gasteiger partial charge < -0.3 is 24.6 Å². The molecule has 1 aromatic rings. The van der Waals surface area contributed by atoms with Gasteiger partial charge in [0.1, 0.15) is 6.54 Å². The lowest BCUT2D eigenvalue weighted by Crippen LogP contribution is -3.13. The van der Waals surface area contributed by atoms with Crippen LogP contribution in [0.3, 0.4) is 0 Å². The Balaban J connectivity index is 1.56. The summed E-state index contributed by atoms with van der Waals surface area (Å²) in [4.78, 5) is 3.82. The Labute approximate surface area is 124 Å². The van der Waals surface area contributed by atoms with Gasteiger partial charge >= 0.3 is 0 Å². The van der Waals surface area contributed by atoms with Gasteiger partial charge in [0.2, 0.25) is 6.79 Å². The Bertz CT molecular complexity index is 501. The maximum atomic E-state index is 5.43. The molecule has 0 aliphatic carbocycles. The summed E-state index contributed by atoms with van der Waals surface area (Å²) < 4.78 is 10.8. The average molecular weight is 294 g/mol. The zero-order valence-electron chi connectivity index (χ0n) is 11.6. The summed E-state index contributed by atoms with van der Waals surface area (Å²) in [7, 11) is 1.88. The topological polar surface area (TPSA) is 38.2 Å². The molecular weight excluding hydrogens is 274 g/mol. The minimum Gasteiger partial charge on any atom is -0.454 e. The Kier molecular flexibility index (Phi) is 3.93. The summed E-state index contributed by atoms with van der Waals surface area (Å²) in [5.74, 6) is 1.73. The highest BCUT2D eigenvalue weighted by Gasteiger charge is 2.22. The van der Waals surface area contributed by atoms with Crippen molar-refractivity contribution in [1.29, 1.82) is 0 Å². The van der Waals surface area contributed by atoms with Crippen molar-refractivity contribution < 1.29 is 14.4 Å². The Morgan fingerprint density at radius 2 is 2.05 bits per heavy atom. The van der Waals surface area contributed by atoms with E-state index in [9.17, 15) is 0 Å². The zero-order valence-corrected chi connectivity index (χ0v) is 12.5. The van der Waals surface area contributed by atoms with Crippen LogP contribution in [0.2, 0.25) is 0 Å². The molecule has 3 rings (SSSR count). The summed E-state index contributed by atoms with van der Waals surface area (Å²) in [6.45, 7) is 5.61. The molecular formula is C14H20N3O2S+. The lowest BCUT2D eigenvalue weighted by molar-refractivity contribution is -0.917. The van der Waals surface area contributed by atoms with Crippen LogP contribution in [-0.2, 0) is 6.54 Å². The summed E-state index contributed by atoms with van der Waals surface area (Å²) in [6, 6.07) is 6.23. The number of hydrogen-bond donors (Lipinski definition) is 2. The summed E-state index contributed by atoms with van der Waals surface area (Å²) in [5, 5.41) is 3.90. The number of ether oxygens (including phenoxy) is 2. The van der Waals surface area contributed by atoms with E-state index in [-0.39, 0.29) is 0 Å². The van der Waals surface area contributed by atoms with Crippen molar-refractivity contribution in [3.63, 3.8) is 0 Å². The van der Waals surface area contributed by atoms with Crippen molar-refractivity contribution in [2.75, 3.05) is 40.0 Å². The van der Waals surface area contributed by atoms with Gasteiger partial charge in [-0.3, -0.25) is 0 Å². The van der Waals surface area contributed by atoms with Gasteiger partial charge in [0.15, 0.2) is 16.6 Å². The number of rotatable bonds is 2. The van der Waals surface area contributed by atoms with Crippen molar-refractivity contribution in [2.45, 2.75) is 6.54 Å². The van der Waals surface area contributed by atoms with E-state index < -0.39 is 0 Å². The monoisotopic (exact) mass is 294 g/mol. The predicted octanol–water partition coefficient (Wildman–Crippen LogP) is -0.380. The quantitative estimate of drug-likeness (QED) is 0.728. The van der Waals surface area contributed by atoms with Crippen LogP contribution in [0.1, 0.15) is 5.56 Å². The van der Waals surface area contributed by atoms with Crippen LogP contribution >= 0.6 is 12.2 Å². The molecule has 2 N–H and O–H groups in total. The second-order valence-corrected chi connectivity index (χ2v) is 5.54. The molecule has 0 atom stereocenters. The van der Waals surface area contributed by atoms with Crippen LogP contribution in [0.15, 0.2) is 18.2 Å². The van der Waals surface area contributed by atoms with Crippen LogP contribution in [0.4, 0.5) is 0 Å². The zero-order chi connectivity index (χ0) is 13.9. The first-order valence-corrected chi connectivity index (χ1v) is 7.36. The van der Waals surface area contributed by atoms with Gasteiger partial charge in [-0.1, -0.05) is 0 Å². The molecule has 2 heterocycles. The maximum absolute atomic E-state index is 5.43. The Morgan fingerprint density at radius 1 is 1.30 bits per heavy atom. The third-order valence-electron chi connectivity index (χ3n) is 3.86. The Hall–Kier alpha value is -1.53. The molecule has 0 radical (unpaired) electrons. The fraction of sp³-hybridized carbons (Fsp3) is 0.500. The van der Waals surface area contributed by atoms with E-state index in [1.165, 1.54) is 5.56 Å². The SMILES string of the molecule is CNC(=S)N1CC[NH+](Cc2ccc3c(c2)OCO3)CC1. The highest BCUT2D eigenvalue weighted by Crippen LogP contribution is 2.32. The molecule has 0 unspecified atom stereocenters. The second-order valence-electron chi connectivity index (χ2n) is 5.16. The number of nitrogens with one attached hydrogen (secondary N) is 2. The molecule has 20 heavy (non-hydrogen) atoms. The summed E-state index contributed by atoms with van der Waals surface area (Å²) in [6.07, 6.45) is 0. The predicted molar refractivity (Wildman–Crippen MR) is 80.2 cm³/mol. The van der Waals surface area contributed by atoms with E-state index in [4.69, 9.17) is 21.7 Å². The molecule has 2 aliphatic rings. The third kappa shape index (κ3) is 2.81. The van der Waals surface area contributed by atoms with E-state index >= 15 is 0 Å². The number of nitrogens with zero attached hydrogens (tertiary/aromatic N) is 1. The van der Waals surface area contributed by atoms with Crippen LogP contribution < -0.4 is 19.7 Å². The van der Waals surface area contributed by atoms with Crippen molar-refractivity contribution in [2.24, 2.45) is 0 Å². The summed E-state index contributed by atoms with van der Waals surface area (Å²) in [5.41, 5.74) is 1.30. The molecule has 1 aromatic carbocycles. The van der Waals surface area contributed by atoms with Gasteiger partial charge in [-0.15, -0.1) is 0 Å². The molecule has 0 spiro atoms. The normalized spacial score (nSPS) is 18.1. The number of piperazine rings is 1. The standard InChI is InChI=1S/C14H19N3O2S/c1-15-14(20)17-6-4-16(5-7-17)9-11-2-3-12-13(8-11)19-10-18-12/h2-3,8H,4-7,9-10H2,1H3,(H,15,20)/p+1. The van der Waals surface area contributed by atoms with Gasteiger partial charge in [0.05, 0.1) is 26.2 Å². The van der Waals surface area contributed by atoms with Crippen molar-refractivity contribution >= 4 is 17.3 Å². The van der Waals surface area contributed by atoms with E-state index in [2.05, 4.69) is 22.3 Å². The van der Waals surface area contributed by atoms with Gasteiger partial charge in [0.25, 0.3) is 0 Å². The molecule has 5 nitrogen and oxygen atoms in total. The van der Waals surface area contributed by atoms with E-state index in [0.717, 1.165) is 49.3 Å². The number of thiocarbonyl (C=S) groups is 1. The molecule has 1 saturated heterocycles. The maximum Gasteiger partial charge on any atom is 0.231 e. The van der Waals surface area contributed by atoms with Gasteiger partial charge in [-0.25, -0.2) is 0 Å². The first-order valence-electron chi connectivity index (χ1n) is 6.95. The average Bonchev–Trinajstić information content (AvgIpc) is 2.95. The fourth-order valence-corrected chi connectivity index (χ4v) is 2.88. The fourth-order valence-electron chi connectivity index (χ4n) is 2.70. The number of benzene rings is 1. The molecule has 0 amide bonds. The molecule has 0 bridgehead atoms. The van der Waals surface area contributed by atoms with Crippen LogP contribution in [-0.4, -0.2) is 50.0 Å². The highest BCUT2D eigenvalue weighted by atomic mass is 32.1. The first kappa shape index (κ1) is 13.5. The lowest BCUT2D eigenvalue weighted by atomic mass is 10.1. The number of quaternary nitrogens is 1. The molecule has 2 aliphatic heterocycles. The van der Waals surface area contributed by atoms with Gasteiger partial charge in [-0.05, 0) is 30.4 Å². The van der Waals surface area contributed by atoms with Crippen molar-refractivity contribution in [3.05, 3.63) is 23.8 Å². The van der Waals surface area contributed by atoms with Crippen LogP contribution in [0.5, 0.6) is 11.5 Å². The summed E-state index contributed by atoms with van der Waals surface area (Å²) >= 11 is 5.27. The molecule has 6 heteroatoms. The first-order chi connectivity index (χ1) is 9.76. The molecule has 1 fully saturated rings. The molecule has 0 saturated carbocycles. The minimum absolute atomic E-state index is 0.339. The molecule has 0 aromatic heterocycles. The van der Waals surface area contributed by atoms with Gasteiger partial charge in [0, 0.05) is 12.6 Å². The minimum atomic E-state index is 0.339. The Morgan fingerprint density at radius 3 is 2.80 bits per heavy atom. The largest absolute Gasteiger partial charge is 0.454 e.